The molecule has 0 radical (unpaired) electrons. The van der Waals surface area contributed by atoms with Crippen molar-refractivity contribution in [3.63, 3.8) is 0 Å². The van der Waals surface area contributed by atoms with Gasteiger partial charge in [0.15, 0.2) is 36.0 Å². The number of esters is 6. The number of aliphatic hydroxyl groups excluding tert-OH is 2. The number of aliphatic hydroxyl groups is 4. The Hall–Kier alpha value is -7.60. The maximum absolute atomic E-state index is 14.4. The maximum atomic E-state index is 14.4. The van der Waals surface area contributed by atoms with E-state index in [4.69, 9.17) is 71.1 Å². The molecule has 6 aliphatic carbocycles. The van der Waals surface area contributed by atoms with Crippen molar-refractivity contribution in [2.45, 2.75) is 287 Å². The van der Waals surface area contributed by atoms with E-state index in [-0.39, 0.29) is 43.3 Å². The monoisotopic (exact) mass is 1650 g/mol. The summed E-state index contributed by atoms with van der Waals surface area (Å²) in [6.07, 6.45) is -15.6. The highest BCUT2D eigenvalue weighted by Crippen LogP contribution is 2.69. The molecule has 13 rings (SSSR count). The molecule has 6 N–H and O–H groups in total. The van der Waals surface area contributed by atoms with E-state index in [9.17, 15) is 67.6 Å². The summed E-state index contributed by atoms with van der Waals surface area (Å²) in [6, 6.07) is 13.1. The van der Waals surface area contributed by atoms with Crippen LogP contribution in [0.25, 0.3) is 0 Å². The lowest BCUT2D eigenvalue weighted by Crippen LogP contribution is -2.79. The third-order valence-corrected chi connectivity index (χ3v) is 26.4. The largest absolute Gasteiger partial charge is 0.456 e. The van der Waals surface area contributed by atoms with Crippen molar-refractivity contribution < 1.29 is 139 Å². The number of halogens is 2. The Labute approximate surface area is 679 Å². The van der Waals surface area contributed by atoms with Crippen molar-refractivity contribution >= 4 is 48.0 Å². The summed E-state index contributed by atoms with van der Waals surface area (Å²) in [7, 11) is 1.66. The molecule has 117 heavy (non-hydrogen) atoms. The van der Waals surface area contributed by atoms with Crippen molar-refractivity contribution in [2.24, 2.45) is 33.5 Å². The summed E-state index contributed by atoms with van der Waals surface area (Å²) in [6.45, 7) is 29.5. The van der Waals surface area contributed by atoms with Gasteiger partial charge >= 0.3 is 48.0 Å². The number of carbonyl (C=O) groups is 8. The van der Waals surface area contributed by atoms with Crippen LogP contribution in [0.5, 0.6) is 0 Å². The summed E-state index contributed by atoms with van der Waals surface area (Å²) in [5.74, 6) is -7.23. The number of amides is 2. The summed E-state index contributed by atoms with van der Waals surface area (Å²) >= 11 is 0. The maximum Gasteiger partial charge on any atom is 0.408 e. The number of fused-ring (bicyclic) bond motifs is 16. The van der Waals surface area contributed by atoms with Gasteiger partial charge in [-0.3, -0.25) is 14.5 Å². The molecule has 0 unspecified atom stereocenters. The number of carbonyl (C=O) groups excluding carboxylic acids is 8. The Morgan fingerprint density at radius 2 is 0.991 bits per heavy atom. The van der Waals surface area contributed by atoms with Crippen molar-refractivity contribution in [3.05, 3.63) is 107 Å². The number of nitrogens with zero attached hydrogens (tertiary/aromatic N) is 1. The summed E-state index contributed by atoms with van der Waals surface area (Å²) in [5.41, 5.74) is -11.1. The van der Waals surface area contributed by atoms with Gasteiger partial charge in [-0.1, -0.05) is 84.5 Å². The first-order valence-electron chi connectivity index (χ1n) is 40.1. The number of nitrogens with one attached hydrogen (secondary N) is 2. The predicted molar refractivity (Wildman–Crippen MR) is 408 cm³/mol. The highest BCUT2D eigenvalue weighted by Gasteiger charge is 2.80. The van der Waals surface area contributed by atoms with Crippen LogP contribution in [0.2, 0.25) is 0 Å². The number of ether oxygens (including phenoxy) is 15. The third kappa shape index (κ3) is 16.1. The molecule has 2 amide bonds. The number of likely N-dealkylation sites (tertiary alicyclic amines) is 1. The van der Waals surface area contributed by atoms with E-state index in [1.807, 2.05) is 13.8 Å². The minimum atomic E-state index is -2.19. The van der Waals surface area contributed by atoms with Crippen LogP contribution in [0, 0.1) is 33.5 Å². The SMILES string of the molecule is C=C[C@@H]1O[C@@H]2C3=C(C)[C@@H](OC(=O)[C@H](O)[C@H](CF)NC(=O)OC(C)(C)C)C[C@@](O)([C@@H](OC(=O)c4ccccc4)[C@H]4[C@@](C)(CC[C@H]5OC[C@]54OC(C)=O)[C@@H]2O1)C3(C)C.COC1CN(C[C@@H]2O[C@@H]3C4=C(C)[C@@H](OC(=O)[C@H](O)[C@H](CF)NC(=O)OC(C)(C)C)C[C@@](O)([C@@H](OC(=O)c5ccccc5)[C@H]5[C@@](C)(CC[C@H]6OC[C@]65OC(C)=O)[C@@H]3O2)C4(C)C)C1. The number of alkyl carbamates (subject to hydrolysis) is 2. The van der Waals surface area contributed by atoms with E-state index in [0.29, 0.717) is 67.6 Å². The zero-order valence-electron chi connectivity index (χ0n) is 69.6. The zero-order valence-corrected chi connectivity index (χ0v) is 69.6. The van der Waals surface area contributed by atoms with Gasteiger partial charge in [0.1, 0.15) is 84.6 Å². The molecule has 9 fully saturated rings. The molecule has 646 valence electrons. The first-order chi connectivity index (χ1) is 54.7. The quantitative estimate of drug-likeness (QED) is 0.0421. The topological polar surface area (TPSA) is 383 Å². The molecule has 30 nitrogen and oxygen atoms in total. The lowest BCUT2D eigenvalue weighted by molar-refractivity contribution is -0.345. The Morgan fingerprint density at radius 3 is 1.34 bits per heavy atom. The van der Waals surface area contributed by atoms with E-state index < -0.39 is 226 Å². The van der Waals surface area contributed by atoms with E-state index in [1.165, 1.54) is 19.9 Å². The number of hydrogen-bond acceptors (Lipinski definition) is 28. The Bertz CT molecular complexity index is 4160. The molecule has 0 spiro atoms. The molecule has 2 aromatic carbocycles. The van der Waals surface area contributed by atoms with Gasteiger partial charge in [-0.2, -0.15) is 0 Å². The fraction of sp³-hybridized carbons (Fsp3) is 0.694. The average Bonchev–Trinajstić information content (AvgIpc) is 1.62. The number of rotatable bonds is 20. The molecule has 0 aromatic heterocycles. The van der Waals surface area contributed by atoms with Gasteiger partial charge in [-0.05, 0) is 134 Å². The second-order valence-electron chi connectivity index (χ2n) is 36.7. The van der Waals surface area contributed by atoms with Gasteiger partial charge < -0.3 is 102 Å². The first-order valence-corrected chi connectivity index (χ1v) is 40.1. The van der Waals surface area contributed by atoms with Crippen LogP contribution in [0.4, 0.5) is 18.4 Å². The van der Waals surface area contributed by atoms with Gasteiger partial charge in [0.25, 0.3) is 0 Å². The van der Waals surface area contributed by atoms with Crippen LogP contribution in [0.3, 0.4) is 0 Å². The zero-order chi connectivity index (χ0) is 85.6. The van der Waals surface area contributed by atoms with Crippen molar-refractivity contribution in [3.8, 4) is 0 Å². The van der Waals surface area contributed by atoms with Gasteiger partial charge in [-0.25, -0.2) is 37.5 Å². The van der Waals surface area contributed by atoms with E-state index in [1.54, 1.807) is 151 Å². The number of hydrogen-bond donors (Lipinski definition) is 6. The fourth-order valence-electron chi connectivity index (χ4n) is 20.6. The molecule has 24 atom stereocenters. The van der Waals surface area contributed by atoms with E-state index in [2.05, 4.69) is 22.1 Å². The highest BCUT2D eigenvalue weighted by molar-refractivity contribution is 5.90. The number of benzene rings is 2. The molecule has 32 heteroatoms. The molecular formula is C85H115F2N3O27. The van der Waals surface area contributed by atoms with Crippen LogP contribution in [-0.4, -0.2) is 264 Å². The van der Waals surface area contributed by atoms with Gasteiger partial charge in [0.05, 0.1) is 66.6 Å². The molecule has 5 heterocycles. The fourth-order valence-corrected chi connectivity index (χ4v) is 20.6. The smallest absolute Gasteiger partial charge is 0.408 e. The standard InChI is InChI=1S/C44H61FN2O14.C41H54FNO13/c1-23-28(56-38(51)32(49)27(18-45)46-39(52)61-40(3,4)5)17-44(53)36(59-37(50)25-13-11-10-12-14-25)34-42(8,16-15-29-43(34,22-55-29)60-24(2)48)35-33(31(23)41(44,6)7)57-30(58-35)21-47-19-26(20-47)54-9;1-10-27-52-30-28-21(2)25(51-35(47)29(45)24(19-42)43-36(48)56-37(4,5)6)18-41(49,38(28,7)8)33(54-34(46)23-14-12-11-13-15-23)31-39(9,32(30)53-27)17-16-26-40(31,20-50-26)55-22(3)44/h10-14,26-30,32-36,49,53H,15-22H2,1-9H3,(H,46,52);10-15,24-27,29-33,45,49H,1,16-20H2,2-9H3,(H,43,48)/t27-,28-,29+,30+,32+,33+,34-,35+,36-,42+,43-,44+;24-,25-,26+,27+,29+,30+,31-,32+,33-,39+,40-,41+/m00/s1. The number of methoxy groups -OCH3 is 1. The van der Waals surface area contributed by atoms with Crippen LogP contribution in [-0.2, 0) is 90.2 Å². The minimum Gasteiger partial charge on any atom is -0.456 e. The third-order valence-electron chi connectivity index (χ3n) is 26.4. The Kier molecular flexibility index (Phi) is 24.8. The van der Waals surface area contributed by atoms with Crippen molar-refractivity contribution in [1.82, 2.24) is 15.5 Å². The van der Waals surface area contributed by atoms with Crippen LogP contribution < -0.4 is 10.6 Å². The van der Waals surface area contributed by atoms with Gasteiger partial charge in [0, 0.05) is 75.1 Å². The molecule has 2 aromatic rings. The van der Waals surface area contributed by atoms with E-state index >= 15 is 0 Å². The second-order valence-corrected chi connectivity index (χ2v) is 36.7. The molecule has 4 bridgehead atoms. The van der Waals surface area contributed by atoms with Crippen LogP contribution >= 0.6 is 0 Å². The first kappa shape index (κ1) is 88.7. The molecule has 5 aliphatic heterocycles. The Morgan fingerprint density at radius 1 is 0.598 bits per heavy atom. The van der Waals surface area contributed by atoms with Crippen LogP contribution in [0.1, 0.15) is 170 Å². The highest BCUT2D eigenvalue weighted by atomic mass is 19.1. The minimum absolute atomic E-state index is 0.0527. The molecule has 11 aliphatic rings. The Balaban J connectivity index is 0.000000216. The molecule has 5 saturated heterocycles. The predicted octanol–water partition coefficient (Wildman–Crippen LogP) is 7.65. The molecule has 4 saturated carbocycles. The van der Waals surface area contributed by atoms with Crippen molar-refractivity contribution in [2.75, 3.05) is 53.3 Å². The second kappa shape index (κ2) is 32.7. The van der Waals surface area contributed by atoms with Crippen LogP contribution in [0.15, 0.2) is 95.6 Å². The molecular weight excluding hydrogens is 1530 g/mol. The van der Waals surface area contributed by atoms with Crippen molar-refractivity contribution in [1.29, 1.82) is 0 Å². The lowest BCUT2D eigenvalue weighted by Gasteiger charge is -2.68. The van der Waals surface area contributed by atoms with E-state index in [0.717, 1.165) is 0 Å². The lowest BCUT2D eigenvalue weighted by atomic mass is 9.45. The summed E-state index contributed by atoms with van der Waals surface area (Å²) in [5, 5.41) is 54.0. The summed E-state index contributed by atoms with van der Waals surface area (Å²) in [4.78, 5) is 109. The van der Waals surface area contributed by atoms with Gasteiger partial charge in [-0.15, -0.1) is 0 Å². The number of alkyl halides is 2. The summed E-state index contributed by atoms with van der Waals surface area (Å²) < 4.78 is 121. The average molecular weight is 1650 g/mol. The van der Waals surface area contributed by atoms with Gasteiger partial charge in [0.2, 0.25) is 0 Å². The normalized spacial score (nSPS) is 36.6.